The van der Waals surface area contributed by atoms with Gasteiger partial charge in [0.2, 0.25) is 0 Å². The maximum Gasteiger partial charge on any atom is 0.328 e. The molecule has 1 aromatic heterocycles. The van der Waals surface area contributed by atoms with Gasteiger partial charge in [-0.3, -0.25) is 4.79 Å². The van der Waals surface area contributed by atoms with Gasteiger partial charge in [-0.15, -0.1) is 0 Å². The van der Waals surface area contributed by atoms with E-state index in [-0.39, 0.29) is 22.0 Å². The summed E-state index contributed by atoms with van der Waals surface area (Å²) in [5.41, 5.74) is 3.43. The Bertz CT molecular complexity index is 1610. The van der Waals surface area contributed by atoms with E-state index in [1.807, 2.05) is 48.7 Å². The van der Waals surface area contributed by atoms with Crippen LogP contribution in [-0.4, -0.2) is 49.8 Å². The molecule has 5 rings (SSSR count). The number of pyridine rings is 1. The van der Waals surface area contributed by atoms with E-state index >= 15 is 0 Å². The van der Waals surface area contributed by atoms with E-state index in [1.54, 1.807) is 25.3 Å². The molecule has 0 saturated carbocycles. The first-order chi connectivity index (χ1) is 22.4. The lowest BCUT2D eigenvalue weighted by atomic mass is 9.94. The predicted octanol–water partition coefficient (Wildman–Crippen LogP) is 7.09. The van der Waals surface area contributed by atoms with Gasteiger partial charge >= 0.3 is 5.97 Å². The summed E-state index contributed by atoms with van der Waals surface area (Å²) in [5, 5.41) is 3.10. The number of methoxy groups -OCH3 is 2. The van der Waals surface area contributed by atoms with Crippen molar-refractivity contribution in [3.05, 3.63) is 117 Å². The monoisotopic (exact) mass is 661 g/mol. The highest BCUT2D eigenvalue weighted by Gasteiger charge is 2.27. The summed E-state index contributed by atoms with van der Waals surface area (Å²) < 4.78 is 16.3. The molecule has 2 atom stereocenters. The van der Waals surface area contributed by atoms with Gasteiger partial charge in [0, 0.05) is 25.2 Å². The molecule has 240 valence electrons. The SMILES string of the molecule is COC(=O)[C@H](Cc1ccc(OCCCC2CCc3cccnc3N2Cc2ccc(OC)cc2)cc1)NC(=O)c1c(Cl)cccc1Cl. The van der Waals surface area contributed by atoms with Crippen molar-refractivity contribution in [2.24, 2.45) is 0 Å². The summed E-state index contributed by atoms with van der Waals surface area (Å²) >= 11 is 12.4. The molecule has 0 fully saturated rings. The van der Waals surface area contributed by atoms with Gasteiger partial charge in [0.25, 0.3) is 5.91 Å². The predicted molar refractivity (Wildman–Crippen MR) is 180 cm³/mol. The number of benzene rings is 3. The van der Waals surface area contributed by atoms with Gasteiger partial charge < -0.3 is 24.4 Å². The number of anilines is 1. The number of rotatable bonds is 13. The van der Waals surface area contributed by atoms with Gasteiger partial charge in [0.05, 0.1) is 36.4 Å². The Kier molecular flexibility index (Phi) is 11.4. The number of nitrogens with zero attached hydrogens (tertiary/aromatic N) is 2. The summed E-state index contributed by atoms with van der Waals surface area (Å²) in [6, 6.07) is 24.1. The molecule has 1 aliphatic heterocycles. The molecule has 1 amide bonds. The molecule has 0 saturated heterocycles. The van der Waals surface area contributed by atoms with Crippen LogP contribution in [0.2, 0.25) is 10.0 Å². The second kappa shape index (κ2) is 15.8. The number of ether oxygens (including phenoxy) is 3. The highest BCUT2D eigenvalue weighted by atomic mass is 35.5. The first-order valence-electron chi connectivity index (χ1n) is 15.2. The minimum absolute atomic E-state index is 0.112. The normalized spacial score (nSPS) is 14.6. The minimum Gasteiger partial charge on any atom is -0.497 e. The van der Waals surface area contributed by atoms with Crippen LogP contribution in [0.1, 0.15) is 46.3 Å². The Hall–Kier alpha value is -4.27. The Labute approximate surface area is 279 Å². The number of nitrogens with one attached hydrogen (secondary N) is 1. The second-order valence-corrected chi connectivity index (χ2v) is 12.0. The number of carbonyl (C=O) groups excluding carboxylic acids is 2. The maximum atomic E-state index is 12.9. The molecule has 3 aromatic carbocycles. The lowest BCUT2D eigenvalue weighted by Crippen LogP contribution is -2.43. The summed E-state index contributed by atoms with van der Waals surface area (Å²) in [7, 11) is 2.96. The fourth-order valence-corrected chi connectivity index (χ4v) is 6.28. The molecule has 0 aliphatic carbocycles. The van der Waals surface area contributed by atoms with E-state index in [9.17, 15) is 9.59 Å². The molecule has 10 heteroatoms. The largest absolute Gasteiger partial charge is 0.497 e. The molecule has 4 aromatic rings. The molecule has 1 N–H and O–H groups in total. The van der Waals surface area contributed by atoms with Gasteiger partial charge in [-0.2, -0.15) is 0 Å². The lowest BCUT2D eigenvalue weighted by molar-refractivity contribution is -0.142. The van der Waals surface area contributed by atoms with Gasteiger partial charge in [0.1, 0.15) is 23.4 Å². The van der Waals surface area contributed by atoms with E-state index in [0.29, 0.717) is 12.6 Å². The smallest absolute Gasteiger partial charge is 0.328 e. The summed E-state index contributed by atoms with van der Waals surface area (Å²) in [5.74, 6) is 1.51. The number of esters is 1. The lowest BCUT2D eigenvalue weighted by Gasteiger charge is -2.38. The topological polar surface area (TPSA) is 90.0 Å². The van der Waals surface area contributed by atoms with E-state index in [0.717, 1.165) is 55.1 Å². The van der Waals surface area contributed by atoms with Crippen LogP contribution in [0.25, 0.3) is 0 Å². The van der Waals surface area contributed by atoms with Crippen LogP contribution in [0.3, 0.4) is 0 Å². The van der Waals surface area contributed by atoms with Gasteiger partial charge in [-0.25, -0.2) is 9.78 Å². The second-order valence-electron chi connectivity index (χ2n) is 11.1. The maximum absolute atomic E-state index is 12.9. The van der Waals surface area contributed by atoms with Crippen molar-refractivity contribution in [3.63, 3.8) is 0 Å². The average Bonchev–Trinajstić information content (AvgIpc) is 3.07. The van der Waals surface area contributed by atoms with Gasteiger partial charge in [0.15, 0.2) is 0 Å². The van der Waals surface area contributed by atoms with Crippen molar-refractivity contribution in [2.45, 2.75) is 50.7 Å². The zero-order valence-corrected chi connectivity index (χ0v) is 27.4. The molecule has 1 unspecified atom stereocenters. The van der Waals surface area contributed by atoms with Crippen LogP contribution in [0.15, 0.2) is 85.1 Å². The molecule has 8 nitrogen and oxygen atoms in total. The van der Waals surface area contributed by atoms with Gasteiger partial charge in [-0.05, 0) is 84.8 Å². The van der Waals surface area contributed by atoms with Crippen molar-refractivity contribution >= 4 is 40.9 Å². The van der Waals surface area contributed by atoms with Crippen molar-refractivity contribution in [2.75, 3.05) is 25.7 Å². The first-order valence-corrected chi connectivity index (χ1v) is 16.0. The third-order valence-electron chi connectivity index (χ3n) is 8.13. The van der Waals surface area contributed by atoms with Crippen molar-refractivity contribution in [3.8, 4) is 11.5 Å². The summed E-state index contributed by atoms with van der Waals surface area (Å²) in [6.07, 6.45) is 6.01. The van der Waals surface area contributed by atoms with Crippen LogP contribution in [0.5, 0.6) is 11.5 Å². The number of hydrogen-bond donors (Lipinski definition) is 1. The molecular weight excluding hydrogens is 625 g/mol. The van der Waals surface area contributed by atoms with Crippen LogP contribution in [-0.2, 0) is 28.9 Å². The highest BCUT2D eigenvalue weighted by molar-refractivity contribution is 6.39. The number of hydrogen-bond acceptors (Lipinski definition) is 7. The van der Waals surface area contributed by atoms with E-state index in [4.69, 9.17) is 42.4 Å². The fraction of sp³-hybridized carbons (Fsp3) is 0.306. The van der Waals surface area contributed by atoms with E-state index in [1.165, 1.54) is 18.2 Å². The Morgan fingerprint density at radius 1 is 0.935 bits per heavy atom. The Balaban J connectivity index is 1.15. The highest BCUT2D eigenvalue weighted by Crippen LogP contribution is 2.32. The zero-order valence-electron chi connectivity index (χ0n) is 25.9. The third kappa shape index (κ3) is 8.30. The molecule has 46 heavy (non-hydrogen) atoms. The summed E-state index contributed by atoms with van der Waals surface area (Å²) in [6.45, 7) is 1.35. The Morgan fingerprint density at radius 2 is 1.63 bits per heavy atom. The van der Waals surface area contributed by atoms with Crippen LogP contribution in [0, 0.1) is 0 Å². The molecule has 0 bridgehead atoms. The zero-order chi connectivity index (χ0) is 32.5. The first kappa shape index (κ1) is 33.1. The number of aryl methyl sites for hydroxylation is 1. The summed E-state index contributed by atoms with van der Waals surface area (Å²) in [4.78, 5) is 32.6. The van der Waals surface area contributed by atoms with Gasteiger partial charge in [-0.1, -0.05) is 59.6 Å². The van der Waals surface area contributed by atoms with Crippen LogP contribution < -0.4 is 19.7 Å². The van der Waals surface area contributed by atoms with Crippen LogP contribution in [0.4, 0.5) is 5.82 Å². The standard InChI is InChI=1S/C36H37Cl2N3O5/c1-44-28-16-12-25(13-17-28)23-41-27(15-14-26-6-4-20-39-34(26)41)7-5-21-46-29-18-10-24(11-19-29)22-32(36(43)45-2)40-35(42)33-30(37)8-3-9-31(33)38/h3-4,6,8-13,16-20,27,32H,5,7,14-15,21-23H2,1-2H3,(H,40,42)/t27?,32-/m0/s1. The number of fused-ring (bicyclic) bond motifs is 1. The molecule has 0 radical (unpaired) electrons. The number of amides is 1. The molecular formula is C36H37Cl2N3O5. The number of halogens is 2. The quantitative estimate of drug-likeness (QED) is 0.121. The third-order valence-corrected chi connectivity index (χ3v) is 8.76. The van der Waals surface area contributed by atoms with Crippen molar-refractivity contribution in [1.82, 2.24) is 10.3 Å². The van der Waals surface area contributed by atoms with E-state index < -0.39 is 17.9 Å². The molecule has 2 heterocycles. The average molecular weight is 663 g/mol. The van der Waals surface area contributed by atoms with E-state index in [2.05, 4.69) is 28.4 Å². The Morgan fingerprint density at radius 3 is 2.33 bits per heavy atom. The van der Waals surface area contributed by atoms with Crippen LogP contribution >= 0.6 is 23.2 Å². The molecule has 1 aliphatic rings. The fourth-order valence-electron chi connectivity index (χ4n) is 5.71. The van der Waals surface area contributed by atoms with Crippen molar-refractivity contribution in [1.29, 1.82) is 0 Å². The number of carbonyl (C=O) groups is 2. The number of aromatic nitrogens is 1. The minimum atomic E-state index is -0.924. The van der Waals surface area contributed by atoms with Crippen molar-refractivity contribution < 1.29 is 23.8 Å². The molecule has 0 spiro atoms.